The number of aromatic nitrogens is 4. The first-order valence-corrected chi connectivity index (χ1v) is 16.4. The molecule has 1 aliphatic heterocycles. The third-order valence-electron chi connectivity index (χ3n) is 8.63. The second-order valence-electron chi connectivity index (χ2n) is 12.2. The molecule has 2 aromatic heterocycles. The smallest absolute Gasteiger partial charge is 0.336 e. The summed E-state index contributed by atoms with van der Waals surface area (Å²) in [6.45, 7) is 4.42. The van der Waals surface area contributed by atoms with Crippen molar-refractivity contribution in [1.82, 2.24) is 24.6 Å². The van der Waals surface area contributed by atoms with E-state index in [0.29, 0.717) is 55.4 Å². The summed E-state index contributed by atoms with van der Waals surface area (Å²) in [5.74, 6) is -3.30. The summed E-state index contributed by atoms with van der Waals surface area (Å²) in [4.78, 5) is 23.7. The molecule has 0 saturated carbocycles. The van der Waals surface area contributed by atoms with Gasteiger partial charge in [0.25, 0.3) is 5.92 Å². The van der Waals surface area contributed by atoms with Gasteiger partial charge in [-0.25, -0.2) is 23.5 Å². The maximum absolute atomic E-state index is 14.5. The Morgan fingerprint density at radius 3 is 2.57 bits per heavy atom. The number of nitrogens with zero attached hydrogens (tertiary/aromatic N) is 5. The topological polar surface area (TPSA) is 94.4 Å². The quantitative estimate of drug-likeness (QED) is 0.0623. The molecule has 11 heteroatoms. The number of esters is 1. The van der Waals surface area contributed by atoms with E-state index in [9.17, 15) is 13.6 Å². The number of alkyl halides is 2. The number of unbranched alkanes of at least 4 members (excludes halogenated alkanes) is 1. The molecule has 1 aliphatic rings. The number of rotatable bonds is 12. The van der Waals surface area contributed by atoms with Crippen LogP contribution in [0.4, 0.5) is 20.3 Å². The van der Waals surface area contributed by atoms with Crippen molar-refractivity contribution in [3.8, 4) is 5.75 Å². The molecule has 0 aliphatic carbocycles. The van der Waals surface area contributed by atoms with E-state index in [1.165, 1.54) is 6.33 Å². The molecule has 250 valence electrons. The highest BCUT2D eigenvalue weighted by molar-refractivity contribution is 6.12. The van der Waals surface area contributed by atoms with E-state index in [2.05, 4.69) is 32.3 Å². The number of hydrogen-bond acceptors (Lipinski definition) is 8. The van der Waals surface area contributed by atoms with Gasteiger partial charge in [0.2, 0.25) is 0 Å². The van der Waals surface area contributed by atoms with E-state index in [1.54, 1.807) is 18.2 Å². The van der Waals surface area contributed by atoms with Crippen LogP contribution in [0.15, 0.2) is 104 Å². The van der Waals surface area contributed by atoms with Crippen molar-refractivity contribution in [3.63, 3.8) is 0 Å². The number of ether oxygens (including phenoxy) is 2. The maximum Gasteiger partial charge on any atom is 0.336 e. The number of allylic oxidation sites excluding steroid dienone is 1. The van der Waals surface area contributed by atoms with Gasteiger partial charge in [-0.2, -0.15) is 5.10 Å². The largest absolute Gasteiger partial charge is 0.423 e. The summed E-state index contributed by atoms with van der Waals surface area (Å²) < 4.78 is 41.7. The van der Waals surface area contributed by atoms with Gasteiger partial charge >= 0.3 is 5.97 Å². The van der Waals surface area contributed by atoms with E-state index < -0.39 is 11.9 Å². The van der Waals surface area contributed by atoms with Gasteiger partial charge in [-0.3, -0.25) is 9.58 Å². The fourth-order valence-corrected chi connectivity index (χ4v) is 6.14. The van der Waals surface area contributed by atoms with Crippen LogP contribution < -0.4 is 10.1 Å². The second kappa shape index (κ2) is 14.5. The number of fused-ring (bicyclic) bond motifs is 4. The Morgan fingerprint density at radius 1 is 0.939 bits per heavy atom. The fourth-order valence-electron chi connectivity index (χ4n) is 6.14. The van der Waals surface area contributed by atoms with Crippen molar-refractivity contribution in [3.05, 3.63) is 109 Å². The van der Waals surface area contributed by atoms with E-state index in [4.69, 9.17) is 14.6 Å². The Labute approximate surface area is 282 Å². The minimum absolute atomic E-state index is 0.191. The molecule has 9 nitrogen and oxygen atoms in total. The molecular formula is C38H36F2N6O3. The highest BCUT2D eigenvalue weighted by atomic mass is 19.3. The van der Waals surface area contributed by atoms with Crippen molar-refractivity contribution in [2.24, 2.45) is 0 Å². The van der Waals surface area contributed by atoms with Gasteiger partial charge in [-0.15, -0.1) is 0 Å². The van der Waals surface area contributed by atoms with E-state index in [1.807, 2.05) is 59.4 Å². The molecule has 0 unspecified atom stereocenters. The third-order valence-corrected chi connectivity index (χ3v) is 8.63. The zero-order valence-electron chi connectivity index (χ0n) is 26.9. The van der Waals surface area contributed by atoms with Crippen LogP contribution in [0.5, 0.6) is 5.75 Å². The molecule has 49 heavy (non-hydrogen) atoms. The number of carbonyl (C=O) groups excluding carboxylic acids is 1. The summed E-state index contributed by atoms with van der Waals surface area (Å²) in [6, 6.07) is 25.1. The van der Waals surface area contributed by atoms with Crippen LogP contribution in [0, 0.1) is 0 Å². The lowest BCUT2D eigenvalue weighted by Gasteiger charge is -2.26. The molecule has 0 spiro atoms. The highest BCUT2D eigenvalue weighted by Gasteiger charge is 2.25. The molecule has 1 saturated heterocycles. The Hall–Kier alpha value is -5.26. The molecule has 3 heterocycles. The van der Waals surface area contributed by atoms with Crippen molar-refractivity contribution >= 4 is 50.1 Å². The van der Waals surface area contributed by atoms with Gasteiger partial charge in [-0.05, 0) is 55.3 Å². The average molecular weight is 663 g/mol. The van der Waals surface area contributed by atoms with Crippen LogP contribution in [-0.2, 0) is 16.1 Å². The van der Waals surface area contributed by atoms with Crippen LogP contribution in [0.1, 0.15) is 24.8 Å². The summed E-state index contributed by atoms with van der Waals surface area (Å²) in [7, 11) is 0. The first kappa shape index (κ1) is 32.3. The summed E-state index contributed by atoms with van der Waals surface area (Å²) in [5.41, 5.74) is 3.49. The van der Waals surface area contributed by atoms with Crippen molar-refractivity contribution < 1.29 is 23.0 Å². The number of anilines is 2. The minimum atomic E-state index is -3.11. The van der Waals surface area contributed by atoms with E-state index >= 15 is 0 Å². The summed E-state index contributed by atoms with van der Waals surface area (Å²) >= 11 is 0. The SMILES string of the molecule is O=C(C=CC(F)(F)CCCCN1CCOCC1)Oc1ccc2ncnc(Nc3cc4cn(Cc5ccccc5)nc4c4ccccc34)c2c1. The molecule has 0 radical (unpaired) electrons. The normalized spacial score (nSPS) is 14.2. The van der Waals surface area contributed by atoms with Gasteiger partial charge in [0.05, 0.1) is 25.3 Å². The van der Waals surface area contributed by atoms with Gasteiger partial charge in [0, 0.05) is 59.0 Å². The maximum atomic E-state index is 14.5. The number of carbonyl (C=O) groups is 1. The Balaban J connectivity index is 1.06. The Morgan fingerprint density at radius 2 is 1.73 bits per heavy atom. The van der Waals surface area contributed by atoms with Gasteiger partial charge in [0.15, 0.2) is 0 Å². The first-order valence-electron chi connectivity index (χ1n) is 16.4. The number of halogens is 2. The predicted octanol–water partition coefficient (Wildman–Crippen LogP) is 7.52. The van der Waals surface area contributed by atoms with Gasteiger partial charge in [0.1, 0.15) is 23.4 Å². The Bertz CT molecular complexity index is 2110. The van der Waals surface area contributed by atoms with E-state index in [-0.39, 0.29) is 12.2 Å². The number of hydrogen-bond donors (Lipinski definition) is 1. The standard InChI is InChI=1S/C38H36F2N6O3/c39-38(40,15-6-7-17-45-18-20-48-21-19-45)16-14-35(47)49-29-12-13-33-32(23-29)37(42-26-41-33)43-34-22-28-25-46(24-27-8-2-1-3-9-27)44-36(28)31-11-5-4-10-30(31)34/h1-5,8-14,16,22-23,25-26H,6-7,15,17-21,24H2,(H,41,42,43). The number of nitrogens with one attached hydrogen (secondary N) is 1. The molecule has 6 aromatic rings. The van der Waals surface area contributed by atoms with Gasteiger partial charge in [-0.1, -0.05) is 54.6 Å². The monoisotopic (exact) mass is 662 g/mol. The lowest BCUT2D eigenvalue weighted by Crippen LogP contribution is -2.36. The fraction of sp³-hybridized carbons (Fsp3) is 0.263. The van der Waals surface area contributed by atoms with Crippen molar-refractivity contribution in [2.45, 2.75) is 31.7 Å². The van der Waals surface area contributed by atoms with Gasteiger partial charge < -0.3 is 14.8 Å². The van der Waals surface area contributed by atoms with Crippen LogP contribution in [-0.4, -0.2) is 69.4 Å². The molecule has 0 amide bonds. The third kappa shape index (κ3) is 7.90. The van der Waals surface area contributed by atoms with Crippen LogP contribution in [0.3, 0.4) is 0 Å². The predicted molar refractivity (Wildman–Crippen MR) is 186 cm³/mol. The second-order valence-corrected chi connectivity index (χ2v) is 12.2. The lowest BCUT2D eigenvalue weighted by molar-refractivity contribution is -0.129. The molecule has 4 aromatic carbocycles. The van der Waals surface area contributed by atoms with Crippen LogP contribution >= 0.6 is 0 Å². The van der Waals surface area contributed by atoms with E-state index in [0.717, 1.165) is 58.6 Å². The highest BCUT2D eigenvalue weighted by Crippen LogP contribution is 2.35. The minimum Gasteiger partial charge on any atom is -0.423 e. The molecule has 0 bridgehead atoms. The Kier molecular flexibility index (Phi) is 9.54. The van der Waals surface area contributed by atoms with Crippen molar-refractivity contribution in [2.75, 3.05) is 38.2 Å². The van der Waals surface area contributed by atoms with Crippen LogP contribution in [0.25, 0.3) is 32.6 Å². The summed E-state index contributed by atoms with van der Waals surface area (Å²) in [5, 5.41) is 11.9. The van der Waals surface area contributed by atoms with Crippen LogP contribution in [0.2, 0.25) is 0 Å². The average Bonchev–Trinajstić information content (AvgIpc) is 3.53. The zero-order valence-corrected chi connectivity index (χ0v) is 26.9. The molecule has 1 N–H and O–H groups in total. The summed E-state index contributed by atoms with van der Waals surface area (Å²) in [6.07, 6.45) is 5.58. The molecule has 7 rings (SSSR count). The number of benzene rings is 4. The number of morpholine rings is 1. The first-order chi connectivity index (χ1) is 23.9. The molecule has 1 fully saturated rings. The molecular weight excluding hydrogens is 626 g/mol. The lowest BCUT2D eigenvalue weighted by atomic mass is 10.1. The molecule has 0 atom stereocenters. The zero-order chi connectivity index (χ0) is 33.6. The van der Waals surface area contributed by atoms with Crippen molar-refractivity contribution in [1.29, 1.82) is 0 Å².